The lowest BCUT2D eigenvalue weighted by atomic mass is 9.89. The summed E-state index contributed by atoms with van der Waals surface area (Å²) in [6, 6.07) is 0. The highest BCUT2D eigenvalue weighted by Crippen LogP contribution is 2.43. The zero-order valence-electron chi connectivity index (χ0n) is 10.3. The first kappa shape index (κ1) is 11.8. The lowest BCUT2D eigenvalue weighted by molar-refractivity contribution is 0.0252. The molecule has 1 aliphatic carbocycles. The van der Waals surface area contributed by atoms with Gasteiger partial charge in [0.15, 0.2) is 5.17 Å². The van der Waals surface area contributed by atoms with Crippen LogP contribution in [0.5, 0.6) is 0 Å². The molecule has 1 saturated carbocycles. The minimum atomic E-state index is 0.543. The van der Waals surface area contributed by atoms with Crippen LogP contribution in [0.15, 0.2) is 4.99 Å². The molecular weight excluding hydrogens is 234 g/mol. The number of hydrogen-bond donors (Lipinski definition) is 1. The predicted molar refractivity (Wildman–Crippen MR) is 71.2 cm³/mol. The van der Waals surface area contributed by atoms with Crippen LogP contribution < -0.4 is 5.43 Å². The molecule has 2 aliphatic heterocycles. The maximum atomic E-state index is 5.34. The Hall–Kier alpha value is -0.260. The summed E-state index contributed by atoms with van der Waals surface area (Å²) < 4.78 is 5.34. The highest BCUT2D eigenvalue weighted by atomic mass is 32.2. The molecular formula is C12H21N3OS. The first-order chi connectivity index (χ1) is 8.36. The predicted octanol–water partition coefficient (Wildman–Crippen LogP) is 1.49. The number of nitrogens with zero attached hydrogens (tertiary/aromatic N) is 2. The number of hydrazine groups is 1. The summed E-state index contributed by atoms with van der Waals surface area (Å²) in [4.78, 5) is 4.74. The second kappa shape index (κ2) is 5.16. The Morgan fingerprint density at radius 1 is 1.24 bits per heavy atom. The monoisotopic (exact) mass is 255 g/mol. The molecule has 2 fully saturated rings. The zero-order valence-corrected chi connectivity index (χ0v) is 11.1. The molecule has 1 N–H and O–H groups in total. The molecule has 5 heteroatoms. The summed E-state index contributed by atoms with van der Waals surface area (Å²) in [6.45, 7) is 4.62. The molecule has 0 aromatic carbocycles. The van der Waals surface area contributed by atoms with Gasteiger partial charge in [-0.1, -0.05) is 24.6 Å². The van der Waals surface area contributed by atoms with Gasteiger partial charge in [0, 0.05) is 25.4 Å². The van der Waals surface area contributed by atoms with Gasteiger partial charge in [0.05, 0.1) is 13.2 Å². The smallest absolute Gasteiger partial charge is 0.171 e. The molecule has 0 bridgehead atoms. The van der Waals surface area contributed by atoms with Gasteiger partial charge < -0.3 is 4.74 Å². The maximum Gasteiger partial charge on any atom is 0.171 e. The number of amidine groups is 1. The van der Waals surface area contributed by atoms with E-state index in [1.54, 1.807) is 0 Å². The van der Waals surface area contributed by atoms with Crippen molar-refractivity contribution < 1.29 is 4.74 Å². The molecule has 0 aromatic rings. The first-order valence-electron chi connectivity index (χ1n) is 6.63. The number of ether oxygens (including phenoxy) is 1. The van der Waals surface area contributed by atoms with E-state index in [4.69, 9.17) is 9.73 Å². The number of nitrogens with one attached hydrogen (secondary N) is 1. The number of hydrogen-bond acceptors (Lipinski definition) is 5. The number of rotatable bonds is 1. The standard InChI is InChI=1S/C12H21N3OS/c1-2-4-12(3-1)9-13-11(17-10-12)14-15-5-7-16-8-6-15/h1-10H2,(H,13,14). The molecule has 1 spiro atoms. The van der Waals surface area contributed by atoms with E-state index in [1.165, 1.54) is 31.4 Å². The molecule has 0 radical (unpaired) electrons. The van der Waals surface area contributed by atoms with Crippen LogP contribution in [0.4, 0.5) is 0 Å². The van der Waals surface area contributed by atoms with Crippen LogP contribution >= 0.6 is 11.8 Å². The molecule has 3 rings (SSSR count). The van der Waals surface area contributed by atoms with Crippen LogP contribution in [0.3, 0.4) is 0 Å². The molecule has 0 aromatic heterocycles. The molecule has 17 heavy (non-hydrogen) atoms. The van der Waals surface area contributed by atoms with E-state index in [1.807, 2.05) is 11.8 Å². The van der Waals surface area contributed by atoms with Crippen molar-refractivity contribution in [3.63, 3.8) is 0 Å². The first-order valence-corrected chi connectivity index (χ1v) is 7.62. The van der Waals surface area contributed by atoms with Gasteiger partial charge in [-0.15, -0.1) is 0 Å². The fraction of sp³-hybridized carbons (Fsp3) is 0.917. The van der Waals surface area contributed by atoms with Gasteiger partial charge in [0.25, 0.3) is 0 Å². The summed E-state index contributed by atoms with van der Waals surface area (Å²) in [5, 5.41) is 3.34. The Labute approximate surface area is 107 Å². The van der Waals surface area contributed by atoms with Crippen molar-refractivity contribution in [1.29, 1.82) is 0 Å². The second-order valence-corrected chi connectivity index (χ2v) is 6.29. The molecule has 0 atom stereocenters. The zero-order chi connectivity index (χ0) is 11.6. The fourth-order valence-electron chi connectivity index (χ4n) is 2.86. The van der Waals surface area contributed by atoms with Crippen molar-refractivity contribution in [2.75, 3.05) is 38.6 Å². The largest absolute Gasteiger partial charge is 0.379 e. The van der Waals surface area contributed by atoms with Gasteiger partial charge in [-0.25, -0.2) is 5.01 Å². The van der Waals surface area contributed by atoms with Crippen LogP contribution in [-0.4, -0.2) is 48.8 Å². The minimum Gasteiger partial charge on any atom is -0.379 e. The van der Waals surface area contributed by atoms with E-state index >= 15 is 0 Å². The Kier molecular flexibility index (Phi) is 3.59. The summed E-state index contributed by atoms with van der Waals surface area (Å²) in [5.74, 6) is 1.25. The van der Waals surface area contributed by atoms with E-state index in [0.717, 1.165) is 38.0 Å². The topological polar surface area (TPSA) is 36.9 Å². The number of aliphatic imine (C=N–C) groups is 1. The van der Waals surface area contributed by atoms with E-state index < -0.39 is 0 Å². The van der Waals surface area contributed by atoms with Crippen LogP contribution in [0.2, 0.25) is 0 Å². The third-order valence-electron chi connectivity index (χ3n) is 4.00. The van der Waals surface area contributed by atoms with Crippen molar-refractivity contribution in [1.82, 2.24) is 10.4 Å². The summed E-state index contributed by atoms with van der Waals surface area (Å²) in [6.07, 6.45) is 5.58. The highest BCUT2D eigenvalue weighted by molar-refractivity contribution is 8.13. The van der Waals surface area contributed by atoms with Crippen molar-refractivity contribution in [2.24, 2.45) is 10.4 Å². The van der Waals surface area contributed by atoms with Gasteiger partial charge in [-0.3, -0.25) is 10.4 Å². The third kappa shape index (κ3) is 2.77. The molecule has 2 heterocycles. The van der Waals surface area contributed by atoms with Gasteiger partial charge in [0.1, 0.15) is 0 Å². The van der Waals surface area contributed by atoms with Crippen LogP contribution in [-0.2, 0) is 4.74 Å². The van der Waals surface area contributed by atoms with Gasteiger partial charge in [-0.2, -0.15) is 0 Å². The molecule has 4 nitrogen and oxygen atoms in total. The SMILES string of the molecule is C1CCC2(C1)CN=C(NN1CCOCC1)SC2. The highest BCUT2D eigenvalue weighted by Gasteiger charge is 2.36. The lowest BCUT2D eigenvalue weighted by Crippen LogP contribution is -2.49. The maximum absolute atomic E-state index is 5.34. The van der Waals surface area contributed by atoms with Crippen molar-refractivity contribution >= 4 is 16.9 Å². The Bertz CT molecular complexity index is 296. The average molecular weight is 255 g/mol. The van der Waals surface area contributed by atoms with Gasteiger partial charge >= 0.3 is 0 Å². The summed E-state index contributed by atoms with van der Waals surface area (Å²) in [5.41, 5.74) is 3.97. The van der Waals surface area contributed by atoms with Gasteiger partial charge in [-0.05, 0) is 18.3 Å². The second-order valence-electron chi connectivity index (χ2n) is 5.33. The Balaban J connectivity index is 1.53. The molecule has 0 amide bonds. The van der Waals surface area contributed by atoms with E-state index in [0.29, 0.717) is 5.41 Å². The van der Waals surface area contributed by atoms with E-state index in [-0.39, 0.29) is 0 Å². The number of morpholine rings is 1. The molecule has 96 valence electrons. The molecule has 3 aliphatic rings. The quantitative estimate of drug-likeness (QED) is 0.770. The molecule has 1 saturated heterocycles. The van der Waals surface area contributed by atoms with E-state index in [9.17, 15) is 0 Å². The van der Waals surface area contributed by atoms with Gasteiger partial charge in [0.2, 0.25) is 0 Å². The van der Waals surface area contributed by atoms with Crippen LogP contribution in [0, 0.1) is 5.41 Å². The lowest BCUT2D eigenvalue weighted by Gasteiger charge is -2.34. The summed E-state index contributed by atoms with van der Waals surface area (Å²) in [7, 11) is 0. The van der Waals surface area contributed by atoms with Crippen molar-refractivity contribution in [2.45, 2.75) is 25.7 Å². The van der Waals surface area contributed by atoms with Crippen molar-refractivity contribution in [3.8, 4) is 0 Å². The fourth-order valence-corrected chi connectivity index (χ4v) is 4.03. The normalized spacial score (nSPS) is 29.3. The summed E-state index contributed by atoms with van der Waals surface area (Å²) >= 11 is 1.91. The average Bonchev–Trinajstić information content (AvgIpc) is 2.83. The van der Waals surface area contributed by atoms with Crippen LogP contribution in [0.25, 0.3) is 0 Å². The van der Waals surface area contributed by atoms with Crippen molar-refractivity contribution in [3.05, 3.63) is 0 Å². The third-order valence-corrected chi connectivity index (χ3v) is 5.25. The Morgan fingerprint density at radius 2 is 2.00 bits per heavy atom. The number of thioether (sulfide) groups is 1. The van der Waals surface area contributed by atoms with Crippen LogP contribution in [0.1, 0.15) is 25.7 Å². The minimum absolute atomic E-state index is 0.543. The van der Waals surface area contributed by atoms with E-state index in [2.05, 4.69) is 10.4 Å². The molecule has 0 unspecified atom stereocenters. The Morgan fingerprint density at radius 3 is 2.65 bits per heavy atom.